The molecule has 0 saturated carbocycles. The predicted octanol–water partition coefficient (Wildman–Crippen LogP) is 6.14. The molecule has 0 radical (unpaired) electrons. The number of nitrogens with zero attached hydrogens (tertiary/aromatic N) is 1. The van der Waals surface area contributed by atoms with Gasteiger partial charge in [-0.2, -0.15) is 0 Å². The Bertz CT molecular complexity index is 1440. The number of carbonyl (C=O) groups is 2. The van der Waals surface area contributed by atoms with Gasteiger partial charge in [-0.25, -0.2) is 9.78 Å². The Balaban J connectivity index is 1.58. The molecule has 0 saturated heterocycles. The van der Waals surface area contributed by atoms with E-state index in [2.05, 4.69) is 12.2 Å². The number of ether oxygens (including phenoxy) is 2. The third kappa shape index (κ3) is 4.39. The molecule has 1 unspecified atom stereocenters. The molecule has 178 valence electrons. The minimum absolute atomic E-state index is 0.287. The van der Waals surface area contributed by atoms with Crippen LogP contribution in [0.1, 0.15) is 44.5 Å². The topological polar surface area (TPSA) is 77.5 Å². The van der Waals surface area contributed by atoms with Crippen LogP contribution in [0.25, 0.3) is 22.2 Å². The zero-order chi connectivity index (χ0) is 24.5. The summed E-state index contributed by atoms with van der Waals surface area (Å²) in [5.74, 6) is 0.558. The van der Waals surface area contributed by atoms with Crippen molar-refractivity contribution in [1.82, 2.24) is 4.98 Å². The third-order valence-electron chi connectivity index (χ3n) is 6.45. The fourth-order valence-electron chi connectivity index (χ4n) is 4.62. The summed E-state index contributed by atoms with van der Waals surface area (Å²) in [5.41, 5.74) is 4.21. The quantitative estimate of drug-likeness (QED) is 0.343. The van der Waals surface area contributed by atoms with E-state index in [-0.39, 0.29) is 5.91 Å². The number of anilines is 1. The Hall–Kier alpha value is -3.71. The van der Waals surface area contributed by atoms with Crippen molar-refractivity contribution in [3.05, 3.63) is 76.2 Å². The molecule has 2 aromatic heterocycles. The van der Waals surface area contributed by atoms with Crippen LogP contribution in [0.2, 0.25) is 0 Å². The molecule has 7 heteroatoms. The summed E-state index contributed by atoms with van der Waals surface area (Å²) >= 11 is 1.48. The van der Waals surface area contributed by atoms with Crippen LogP contribution in [-0.2, 0) is 17.6 Å². The number of amides is 1. The summed E-state index contributed by atoms with van der Waals surface area (Å²) in [6.07, 6.45) is 2.73. The number of hydrogen-bond acceptors (Lipinski definition) is 6. The van der Waals surface area contributed by atoms with Crippen LogP contribution in [0.4, 0.5) is 5.00 Å². The molecule has 5 rings (SSSR count). The largest absolute Gasteiger partial charge is 0.497 e. The number of aromatic nitrogens is 1. The highest BCUT2D eigenvalue weighted by atomic mass is 32.1. The number of hydrogen-bond donors (Lipinski definition) is 1. The molecule has 4 aromatic rings. The van der Waals surface area contributed by atoms with Gasteiger partial charge >= 0.3 is 5.97 Å². The van der Waals surface area contributed by atoms with Gasteiger partial charge in [-0.1, -0.05) is 37.3 Å². The molecule has 1 amide bonds. The number of esters is 1. The Kier molecular flexibility index (Phi) is 6.26. The van der Waals surface area contributed by atoms with Crippen molar-refractivity contribution >= 4 is 39.1 Å². The van der Waals surface area contributed by atoms with Crippen LogP contribution >= 0.6 is 11.3 Å². The lowest BCUT2D eigenvalue weighted by Crippen LogP contribution is -2.16. The molecule has 0 fully saturated rings. The van der Waals surface area contributed by atoms with Gasteiger partial charge in [0.05, 0.1) is 36.6 Å². The van der Waals surface area contributed by atoms with Crippen LogP contribution in [0.15, 0.2) is 54.6 Å². The molecule has 1 aliphatic carbocycles. The van der Waals surface area contributed by atoms with Crippen LogP contribution in [0, 0.1) is 5.92 Å². The summed E-state index contributed by atoms with van der Waals surface area (Å²) in [4.78, 5) is 32.3. The highest BCUT2D eigenvalue weighted by Crippen LogP contribution is 2.40. The van der Waals surface area contributed by atoms with Gasteiger partial charge in [0.15, 0.2) is 0 Å². The van der Waals surface area contributed by atoms with E-state index in [1.807, 2.05) is 48.5 Å². The number of carbonyl (C=O) groups excluding carboxylic acids is 2. The minimum atomic E-state index is -0.413. The molecule has 0 spiro atoms. The lowest BCUT2D eigenvalue weighted by atomic mass is 9.88. The van der Waals surface area contributed by atoms with Crippen molar-refractivity contribution in [1.29, 1.82) is 0 Å². The van der Waals surface area contributed by atoms with Crippen molar-refractivity contribution in [2.45, 2.75) is 26.2 Å². The zero-order valence-electron chi connectivity index (χ0n) is 19.9. The van der Waals surface area contributed by atoms with E-state index in [9.17, 15) is 9.59 Å². The average molecular weight is 487 g/mol. The summed E-state index contributed by atoms with van der Waals surface area (Å²) < 4.78 is 10.4. The number of nitrogens with one attached hydrogen (secondary N) is 1. The average Bonchev–Trinajstić information content (AvgIpc) is 3.24. The van der Waals surface area contributed by atoms with E-state index in [1.54, 1.807) is 13.2 Å². The second-order valence-corrected chi connectivity index (χ2v) is 9.91. The normalized spacial score (nSPS) is 14.9. The first-order chi connectivity index (χ1) is 17.0. The van der Waals surface area contributed by atoms with Gasteiger partial charge in [-0.05, 0) is 55.0 Å². The number of rotatable bonds is 5. The van der Waals surface area contributed by atoms with Crippen LogP contribution in [0.5, 0.6) is 5.75 Å². The zero-order valence-corrected chi connectivity index (χ0v) is 20.7. The number of benzene rings is 2. The SMILES string of the molecule is COC(=O)c1c(NC(=O)c2cc(-c3cccc(OC)c3)nc3ccccc23)sc2c1CCC(C)C2. The van der Waals surface area contributed by atoms with Gasteiger partial charge in [0.25, 0.3) is 5.91 Å². The lowest BCUT2D eigenvalue weighted by Gasteiger charge is -2.18. The molecule has 2 heterocycles. The van der Waals surface area contributed by atoms with Crippen molar-refractivity contribution in [2.24, 2.45) is 5.92 Å². The first-order valence-corrected chi connectivity index (χ1v) is 12.4. The molecule has 1 atom stereocenters. The smallest absolute Gasteiger partial charge is 0.341 e. The predicted molar refractivity (Wildman–Crippen MR) is 139 cm³/mol. The third-order valence-corrected chi connectivity index (χ3v) is 7.62. The van der Waals surface area contributed by atoms with Crippen molar-refractivity contribution in [3.8, 4) is 17.0 Å². The number of thiophene rings is 1. The van der Waals surface area contributed by atoms with Gasteiger partial charge in [0.2, 0.25) is 0 Å². The van der Waals surface area contributed by atoms with E-state index in [0.717, 1.165) is 40.7 Å². The second-order valence-electron chi connectivity index (χ2n) is 8.81. The maximum Gasteiger partial charge on any atom is 0.341 e. The Morgan fingerprint density at radius 1 is 1.09 bits per heavy atom. The van der Waals surface area contributed by atoms with Gasteiger partial charge in [0, 0.05) is 15.8 Å². The van der Waals surface area contributed by atoms with Gasteiger partial charge < -0.3 is 14.8 Å². The standard InChI is InChI=1S/C28H26N2O4S/c1-16-11-12-20-24(13-16)35-27(25(20)28(32)34-3)30-26(31)21-15-23(17-7-6-8-18(14-17)33-2)29-22-10-5-4-9-19(21)22/h4-10,14-16H,11-13H2,1-3H3,(H,30,31). The Morgan fingerprint density at radius 2 is 1.91 bits per heavy atom. The fraction of sp³-hybridized carbons (Fsp3) is 0.250. The van der Waals surface area contributed by atoms with Crippen molar-refractivity contribution in [3.63, 3.8) is 0 Å². The molecule has 0 bridgehead atoms. The van der Waals surface area contributed by atoms with Crippen LogP contribution in [-0.4, -0.2) is 31.1 Å². The summed E-state index contributed by atoms with van der Waals surface area (Å²) in [7, 11) is 2.99. The number of methoxy groups -OCH3 is 2. The van der Waals surface area contributed by atoms with E-state index in [4.69, 9.17) is 14.5 Å². The fourth-order valence-corrected chi connectivity index (χ4v) is 6.01. The minimum Gasteiger partial charge on any atom is -0.497 e. The first-order valence-electron chi connectivity index (χ1n) is 11.6. The number of para-hydroxylation sites is 1. The highest BCUT2D eigenvalue weighted by molar-refractivity contribution is 7.17. The number of pyridine rings is 1. The molecular weight excluding hydrogens is 460 g/mol. The molecule has 2 aromatic carbocycles. The van der Waals surface area contributed by atoms with Gasteiger partial charge in [-0.15, -0.1) is 11.3 Å². The first kappa shape index (κ1) is 23.1. The highest BCUT2D eigenvalue weighted by Gasteiger charge is 2.29. The summed E-state index contributed by atoms with van der Waals surface area (Å²) in [6.45, 7) is 2.21. The Labute approximate surface area is 207 Å². The van der Waals surface area contributed by atoms with Crippen LogP contribution < -0.4 is 10.1 Å². The molecule has 1 aliphatic rings. The maximum absolute atomic E-state index is 13.7. The lowest BCUT2D eigenvalue weighted by molar-refractivity contribution is 0.0601. The van der Waals surface area contributed by atoms with Crippen molar-refractivity contribution in [2.75, 3.05) is 19.5 Å². The summed E-state index contributed by atoms with van der Waals surface area (Å²) in [6, 6.07) is 16.9. The van der Waals surface area contributed by atoms with E-state index in [1.165, 1.54) is 18.4 Å². The van der Waals surface area contributed by atoms with Gasteiger partial charge in [-0.3, -0.25) is 4.79 Å². The maximum atomic E-state index is 13.7. The monoisotopic (exact) mass is 486 g/mol. The van der Waals surface area contributed by atoms with E-state index in [0.29, 0.717) is 39.0 Å². The number of fused-ring (bicyclic) bond motifs is 2. The summed E-state index contributed by atoms with van der Waals surface area (Å²) in [5, 5.41) is 4.32. The molecule has 1 N–H and O–H groups in total. The van der Waals surface area contributed by atoms with Gasteiger partial charge in [0.1, 0.15) is 10.8 Å². The second kappa shape index (κ2) is 9.50. The van der Waals surface area contributed by atoms with Crippen molar-refractivity contribution < 1.29 is 19.1 Å². The Morgan fingerprint density at radius 3 is 2.71 bits per heavy atom. The molecule has 35 heavy (non-hydrogen) atoms. The van der Waals surface area contributed by atoms with E-state index < -0.39 is 5.97 Å². The molecular formula is C28H26N2O4S. The molecule has 0 aliphatic heterocycles. The molecule has 6 nitrogen and oxygen atoms in total. The van der Waals surface area contributed by atoms with E-state index >= 15 is 0 Å². The van der Waals surface area contributed by atoms with Crippen LogP contribution in [0.3, 0.4) is 0 Å².